The molecule has 0 aromatic rings. The summed E-state index contributed by atoms with van der Waals surface area (Å²) in [6.07, 6.45) is 0. The first-order valence-electron chi connectivity index (χ1n) is 1.01. The summed E-state index contributed by atoms with van der Waals surface area (Å²) in [6.45, 7) is 1.42. The van der Waals surface area contributed by atoms with Crippen molar-refractivity contribution < 1.29 is 4.39 Å². The Bertz CT molecular complexity index is 10.8. The van der Waals surface area contributed by atoms with Crippen LogP contribution in [0.3, 0.4) is 0 Å². The molecule has 0 saturated carbocycles. The van der Waals surface area contributed by atoms with Crippen molar-refractivity contribution in [1.29, 1.82) is 0 Å². The summed E-state index contributed by atoms with van der Waals surface area (Å²) in [5.41, 5.74) is 0. The minimum atomic E-state index is -0.854. The molecule has 0 aliphatic rings. The summed E-state index contributed by atoms with van der Waals surface area (Å²) in [7, 11) is 0. The SMILES string of the molecule is C[C@@H](F)Br. The van der Waals surface area contributed by atoms with E-state index in [1.54, 1.807) is 0 Å². The van der Waals surface area contributed by atoms with Crippen molar-refractivity contribution in [2.45, 2.75) is 12.0 Å². The zero-order valence-electron chi connectivity index (χ0n) is 2.33. The topological polar surface area (TPSA) is 0 Å². The molecular formula is C2H4BrF. The van der Waals surface area contributed by atoms with Crippen LogP contribution in [-0.4, -0.2) is 5.08 Å². The van der Waals surface area contributed by atoms with Gasteiger partial charge in [0.25, 0.3) is 0 Å². The molecule has 0 rings (SSSR count). The number of halogens is 2. The van der Waals surface area contributed by atoms with Gasteiger partial charge in [0.2, 0.25) is 0 Å². The molecule has 0 nitrogen and oxygen atoms in total. The Kier molecular flexibility index (Phi) is 1.88. The lowest BCUT2D eigenvalue weighted by Gasteiger charge is -1.71. The summed E-state index contributed by atoms with van der Waals surface area (Å²) < 4.78 is 10.9. The van der Waals surface area contributed by atoms with Gasteiger partial charge in [-0.1, -0.05) is 15.9 Å². The van der Waals surface area contributed by atoms with Crippen LogP contribution in [0.25, 0.3) is 0 Å². The van der Waals surface area contributed by atoms with E-state index in [9.17, 15) is 4.39 Å². The summed E-state index contributed by atoms with van der Waals surface area (Å²) in [5.74, 6) is 0. The van der Waals surface area contributed by atoms with Gasteiger partial charge in [0, 0.05) is 0 Å². The van der Waals surface area contributed by atoms with Gasteiger partial charge in [-0.15, -0.1) is 0 Å². The monoisotopic (exact) mass is 126 g/mol. The van der Waals surface area contributed by atoms with Crippen LogP contribution in [0.4, 0.5) is 4.39 Å². The molecule has 0 aromatic carbocycles. The van der Waals surface area contributed by atoms with E-state index >= 15 is 0 Å². The molecule has 0 saturated heterocycles. The smallest absolute Gasteiger partial charge is 0.152 e. The van der Waals surface area contributed by atoms with E-state index in [0.717, 1.165) is 0 Å². The summed E-state index contributed by atoms with van der Waals surface area (Å²) >= 11 is 2.60. The van der Waals surface area contributed by atoms with E-state index in [1.807, 2.05) is 0 Å². The third-order valence-electron chi connectivity index (χ3n) is 0. The standard InChI is InChI=1S/C2H4BrF/c1-2(3)4/h2H,1H3/t2-/m1/s1. The van der Waals surface area contributed by atoms with Gasteiger partial charge in [0.1, 0.15) is 0 Å². The van der Waals surface area contributed by atoms with E-state index in [0.29, 0.717) is 0 Å². The third kappa shape index (κ3) is 28.5. The van der Waals surface area contributed by atoms with Crippen LogP contribution < -0.4 is 0 Å². The molecular weight excluding hydrogens is 123 g/mol. The average molecular weight is 127 g/mol. The van der Waals surface area contributed by atoms with Crippen molar-refractivity contribution in [2.75, 3.05) is 0 Å². The Morgan fingerprint density at radius 2 is 2.00 bits per heavy atom. The zero-order valence-corrected chi connectivity index (χ0v) is 3.92. The van der Waals surface area contributed by atoms with Gasteiger partial charge < -0.3 is 0 Å². The van der Waals surface area contributed by atoms with Gasteiger partial charge in [-0.25, -0.2) is 4.39 Å². The van der Waals surface area contributed by atoms with Gasteiger partial charge in [-0.2, -0.15) is 0 Å². The van der Waals surface area contributed by atoms with Crippen LogP contribution in [0.5, 0.6) is 0 Å². The van der Waals surface area contributed by atoms with Crippen LogP contribution >= 0.6 is 15.9 Å². The molecule has 1 atom stereocenters. The molecule has 0 unspecified atom stereocenters. The molecule has 0 fully saturated rings. The first-order valence-corrected chi connectivity index (χ1v) is 1.93. The van der Waals surface area contributed by atoms with E-state index in [1.165, 1.54) is 6.92 Å². The molecule has 0 aliphatic heterocycles. The molecule has 0 aromatic heterocycles. The minimum Gasteiger partial charge on any atom is -0.235 e. The van der Waals surface area contributed by atoms with Gasteiger partial charge in [-0.3, -0.25) is 0 Å². The number of hydrogen-bond acceptors (Lipinski definition) is 0. The first kappa shape index (κ1) is 4.41. The largest absolute Gasteiger partial charge is 0.235 e. The quantitative estimate of drug-likeness (QED) is 0.434. The maximum absolute atomic E-state index is 10.9. The van der Waals surface area contributed by atoms with Crippen molar-refractivity contribution in [2.24, 2.45) is 0 Å². The molecule has 0 spiro atoms. The van der Waals surface area contributed by atoms with Crippen LogP contribution in [0.2, 0.25) is 0 Å². The maximum atomic E-state index is 10.9. The molecule has 2 heteroatoms. The van der Waals surface area contributed by atoms with Crippen molar-refractivity contribution >= 4 is 15.9 Å². The fourth-order valence-corrected chi connectivity index (χ4v) is 0. The third-order valence-corrected chi connectivity index (χ3v) is 0. The highest BCUT2D eigenvalue weighted by Crippen LogP contribution is 1.93. The van der Waals surface area contributed by atoms with Gasteiger partial charge in [0.15, 0.2) is 5.08 Å². The van der Waals surface area contributed by atoms with Crippen molar-refractivity contribution in [1.82, 2.24) is 0 Å². The van der Waals surface area contributed by atoms with Crippen molar-refractivity contribution in [3.63, 3.8) is 0 Å². The fourth-order valence-electron chi connectivity index (χ4n) is 0. The zero-order chi connectivity index (χ0) is 3.58. The van der Waals surface area contributed by atoms with Crippen molar-refractivity contribution in [3.05, 3.63) is 0 Å². The summed E-state index contributed by atoms with van der Waals surface area (Å²) in [5, 5.41) is -0.854. The van der Waals surface area contributed by atoms with Crippen LogP contribution in [0.15, 0.2) is 0 Å². The Morgan fingerprint density at radius 3 is 2.00 bits per heavy atom. The molecule has 0 aliphatic carbocycles. The second kappa shape index (κ2) is 1.70. The predicted octanol–water partition coefficient (Wildman–Crippen LogP) is 1.70. The van der Waals surface area contributed by atoms with E-state index in [4.69, 9.17) is 0 Å². The lowest BCUT2D eigenvalue weighted by atomic mass is 10.9. The van der Waals surface area contributed by atoms with E-state index in [2.05, 4.69) is 15.9 Å². The second-order valence-electron chi connectivity index (χ2n) is 0.519. The maximum Gasteiger partial charge on any atom is 0.152 e. The Balaban J connectivity index is 2.32. The lowest BCUT2D eigenvalue weighted by Crippen LogP contribution is -1.65. The minimum absolute atomic E-state index is 0.854. The molecule has 0 radical (unpaired) electrons. The predicted molar refractivity (Wildman–Crippen MR) is 19.5 cm³/mol. The molecule has 26 valence electrons. The second-order valence-corrected chi connectivity index (χ2v) is 1.78. The highest BCUT2D eigenvalue weighted by Gasteiger charge is 1.76. The van der Waals surface area contributed by atoms with Crippen molar-refractivity contribution in [3.8, 4) is 0 Å². The Hall–Kier alpha value is 0.410. The molecule has 0 heterocycles. The Morgan fingerprint density at radius 1 is 2.00 bits per heavy atom. The molecule has 0 amide bonds. The van der Waals surface area contributed by atoms with E-state index in [-0.39, 0.29) is 0 Å². The fraction of sp³-hybridized carbons (Fsp3) is 1.00. The van der Waals surface area contributed by atoms with Gasteiger partial charge >= 0.3 is 0 Å². The highest BCUT2D eigenvalue weighted by atomic mass is 79.9. The van der Waals surface area contributed by atoms with Crippen LogP contribution in [-0.2, 0) is 0 Å². The van der Waals surface area contributed by atoms with Crippen LogP contribution in [0.1, 0.15) is 6.92 Å². The number of hydrogen-bond donors (Lipinski definition) is 0. The highest BCUT2D eigenvalue weighted by molar-refractivity contribution is 9.09. The van der Waals surface area contributed by atoms with Gasteiger partial charge in [-0.05, 0) is 6.92 Å². The van der Waals surface area contributed by atoms with Gasteiger partial charge in [0.05, 0.1) is 0 Å². The molecule has 4 heavy (non-hydrogen) atoms. The summed E-state index contributed by atoms with van der Waals surface area (Å²) in [6, 6.07) is 0. The summed E-state index contributed by atoms with van der Waals surface area (Å²) in [4.78, 5) is 0. The average Bonchev–Trinajstić information content (AvgIpc) is 0.811. The van der Waals surface area contributed by atoms with E-state index < -0.39 is 5.08 Å². The Labute approximate surface area is 33.1 Å². The number of rotatable bonds is 0. The first-order chi connectivity index (χ1) is 1.73. The molecule has 0 bridgehead atoms. The molecule has 0 N–H and O–H groups in total. The van der Waals surface area contributed by atoms with Crippen LogP contribution in [0, 0.1) is 0 Å². The lowest BCUT2D eigenvalue weighted by molar-refractivity contribution is 0.492. The normalized spacial score (nSPS) is 15.8. The number of alkyl halides is 2.